The highest BCUT2D eigenvalue weighted by Crippen LogP contribution is 2.42. The molecule has 16 heavy (non-hydrogen) atoms. The second kappa shape index (κ2) is 4.30. The minimum atomic E-state index is 0.0598. The number of hydrogen-bond donors (Lipinski definition) is 1. The van der Waals surface area contributed by atoms with Crippen LogP contribution in [0.2, 0.25) is 0 Å². The molecule has 2 heteroatoms. The monoisotopic (exact) mass is 225 g/mol. The lowest BCUT2D eigenvalue weighted by Crippen LogP contribution is -2.47. The summed E-state index contributed by atoms with van der Waals surface area (Å²) >= 11 is 0. The van der Waals surface area contributed by atoms with E-state index in [-0.39, 0.29) is 5.54 Å². The smallest absolute Gasteiger partial charge is 0.0597 e. The van der Waals surface area contributed by atoms with Crippen molar-refractivity contribution in [2.45, 2.75) is 83.5 Å². The summed E-state index contributed by atoms with van der Waals surface area (Å²) in [6, 6.07) is 0. The fourth-order valence-electron chi connectivity index (χ4n) is 3.12. The van der Waals surface area contributed by atoms with E-state index in [2.05, 4.69) is 20.8 Å². The van der Waals surface area contributed by atoms with Gasteiger partial charge in [-0.05, 0) is 57.3 Å². The van der Waals surface area contributed by atoms with Crippen LogP contribution in [0.1, 0.15) is 65.7 Å². The van der Waals surface area contributed by atoms with E-state index in [0.29, 0.717) is 17.6 Å². The Morgan fingerprint density at radius 1 is 1.12 bits per heavy atom. The minimum absolute atomic E-state index is 0.0598. The van der Waals surface area contributed by atoms with Gasteiger partial charge in [-0.25, -0.2) is 0 Å². The number of ether oxygens (including phenoxy) is 1. The lowest BCUT2D eigenvalue weighted by atomic mass is 9.68. The van der Waals surface area contributed by atoms with Crippen molar-refractivity contribution in [2.24, 2.45) is 11.1 Å². The van der Waals surface area contributed by atoms with Gasteiger partial charge in [-0.3, -0.25) is 0 Å². The average Bonchev–Trinajstić information content (AvgIpc) is 2.58. The molecule has 1 aliphatic heterocycles. The van der Waals surface area contributed by atoms with Gasteiger partial charge in [0.1, 0.15) is 0 Å². The van der Waals surface area contributed by atoms with Crippen molar-refractivity contribution in [3.8, 4) is 0 Å². The van der Waals surface area contributed by atoms with E-state index in [1.54, 1.807) is 0 Å². The van der Waals surface area contributed by atoms with Gasteiger partial charge >= 0.3 is 0 Å². The van der Waals surface area contributed by atoms with Gasteiger partial charge in [0.25, 0.3) is 0 Å². The van der Waals surface area contributed by atoms with Gasteiger partial charge in [0.05, 0.1) is 12.2 Å². The summed E-state index contributed by atoms with van der Waals surface area (Å²) in [5, 5.41) is 0. The van der Waals surface area contributed by atoms with Crippen LogP contribution in [0.25, 0.3) is 0 Å². The molecule has 2 N–H and O–H groups in total. The summed E-state index contributed by atoms with van der Waals surface area (Å²) in [6.45, 7) is 6.90. The molecule has 2 unspecified atom stereocenters. The molecule has 0 aromatic carbocycles. The highest BCUT2D eigenvalue weighted by atomic mass is 16.5. The van der Waals surface area contributed by atoms with Crippen LogP contribution < -0.4 is 5.73 Å². The Bertz CT molecular complexity index is 239. The van der Waals surface area contributed by atoms with Crippen molar-refractivity contribution in [3.05, 3.63) is 0 Å². The topological polar surface area (TPSA) is 35.2 Å². The van der Waals surface area contributed by atoms with E-state index in [1.807, 2.05) is 0 Å². The highest BCUT2D eigenvalue weighted by Gasteiger charge is 2.38. The maximum Gasteiger partial charge on any atom is 0.0597 e. The third kappa shape index (κ3) is 2.98. The molecule has 0 bridgehead atoms. The Balaban J connectivity index is 1.85. The summed E-state index contributed by atoms with van der Waals surface area (Å²) in [7, 11) is 0. The SMILES string of the molecule is CC1CCC(CC2(N)CCC(C)(C)CC2)O1. The predicted molar refractivity (Wildman–Crippen MR) is 67.4 cm³/mol. The van der Waals surface area contributed by atoms with Gasteiger partial charge < -0.3 is 10.5 Å². The minimum Gasteiger partial charge on any atom is -0.375 e. The molecule has 0 amide bonds. The molecule has 1 heterocycles. The first-order chi connectivity index (χ1) is 7.39. The van der Waals surface area contributed by atoms with E-state index in [4.69, 9.17) is 10.5 Å². The first kappa shape index (κ1) is 12.4. The molecule has 0 spiro atoms. The summed E-state index contributed by atoms with van der Waals surface area (Å²) in [6.07, 6.45) is 9.28. The standard InChI is InChI=1S/C14H27NO/c1-11-4-5-12(16-11)10-14(15)8-6-13(2,3)7-9-14/h11-12H,4-10,15H2,1-3H3. The predicted octanol–water partition coefficient (Wildman–Crippen LogP) is 3.24. The van der Waals surface area contributed by atoms with Gasteiger partial charge in [0.15, 0.2) is 0 Å². The largest absolute Gasteiger partial charge is 0.375 e. The molecule has 1 aliphatic carbocycles. The lowest BCUT2D eigenvalue weighted by molar-refractivity contribution is 0.0244. The quantitative estimate of drug-likeness (QED) is 0.783. The summed E-state index contributed by atoms with van der Waals surface area (Å²) in [4.78, 5) is 0. The first-order valence-corrected chi connectivity index (χ1v) is 6.83. The van der Waals surface area contributed by atoms with Crippen LogP contribution in [0.5, 0.6) is 0 Å². The molecule has 0 radical (unpaired) electrons. The fourth-order valence-corrected chi connectivity index (χ4v) is 3.12. The highest BCUT2D eigenvalue weighted by molar-refractivity contribution is 4.95. The van der Waals surface area contributed by atoms with E-state index in [1.165, 1.54) is 38.5 Å². The number of rotatable bonds is 2. The zero-order valence-electron chi connectivity index (χ0n) is 11.1. The molecule has 0 aromatic heterocycles. The molecule has 0 aromatic rings. The number of hydrogen-bond acceptors (Lipinski definition) is 2. The Labute approximate surface area is 99.9 Å². The zero-order chi connectivity index (χ0) is 11.8. The second-order valence-electron chi connectivity index (χ2n) is 6.88. The van der Waals surface area contributed by atoms with Crippen molar-refractivity contribution in [3.63, 3.8) is 0 Å². The fraction of sp³-hybridized carbons (Fsp3) is 1.00. The summed E-state index contributed by atoms with van der Waals surface area (Å²) in [5.41, 5.74) is 7.09. The Morgan fingerprint density at radius 3 is 2.25 bits per heavy atom. The van der Waals surface area contributed by atoms with E-state index >= 15 is 0 Å². The molecular weight excluding hydrogens is 198 g/mol. The van der Waals surface area contributed by atoms with Gasteiger partial charge in [-0.2, -0.15) is 0 Å². The first-order valence-electron chi connectivity index (χ1n) is 6.83. The third-order valence-electron chi connectivity index (χ3n) is 4.55. The van der Waals surface area contributed by atoms with Crippen LogP contribution in [0, 0.1) is 5.41 Å². The number of nitrogens with two attached hydrogens (primary N) is 1. The Hall–Kier alpha value is -0.0800. The average molecular weight is 225 g/mol. The van der Waals surface area contributed by atoms with Gasteiger partial charge in [0.2, 0.25) is 0 Å². The van der Waals surface area contributed by atoms with E-state index < -0.39 is 0 Å². The van der Waals surface area contributed by atoms with E-state index in [9.17, 15) is 0 Å². The van der Waals surface area contributed by atoms with Crippen LogP contribution in [0.15, 0.2) is 0 Å². The van der Waals surface area contributed by atoms with Crippen LogP contribution in [-0.2, 0) is 4.74 Å². The van der Waals surface area contributed by atoms with Crippen molar-refractivity contribution >= 4 is 0 Å². The molecule has 94 valence electrons. The van der Waals surface area contributed by atoms with Crippen molar-refractivity contribution < 1.29 is 4.74 Å². The van der Waals surface area contributed by atoms with Crippen molar-refractivity contribution in [2.75, 3.05) is 0 Å². The zero-order valence-corrected chi connectivity index (χ0v) is 11.1. The molecule has 2 aliphatic rings. The molecule has 2 fully saturated rings. The van der Waals surface area contributed by atoms with Crippen molar-refractivity contribution in [1.29, 1.82) is 0 Å². The molecule has 1 saturated carbocycles. The summed E-state index contributed by atoms with van der Waals surface area (Å²) in [5.74, 6) is 0. The molecule has 1 saturated heterocycles. The third-order valence-corrected chi connectivity index (χ3v) is 4.55. The van der Waals surface area contributed by atoms with Crippen LogP contribution in [-0.4, -0.2) is 17.7 Å². The molecule has 2 nitrogen and oxygen atoms in total. The van der Waals surface area contributed by atoms with Crippen LogP contribution in [0.3, 0.4) is 0 Å². The van der Waals surface area contributed by atoms with Gasteiger partial charge in [-0.1, -0.05) is 13.8 Å². The van der Waals surface area contributed by atoms with Gasteiger partial charge in [0, 0.05) is 5.54 Å². The lowest BCUT2D eigenvalue weighted by Gasteiger charge is -2.42. The Morgan fingerprint density at radius 2 is 1.75 bits per heavy atom. The molecule has 2 atom stereocenters. The summed E-state index contributed by atoms with van der Waals surface area (Å²) < 4.78 is 5.90. The van der Waals surface area contributed by atoms with Gasteiger partial charge in [-0.15, -0.1) is 0 Å². The van der Waals surface area contributed by atoms with Crippen LogP contribution in [0.4, 0.5) is 0 Å². The second-order valence-corrected chi connectivity index (χ2v) is 6.88. The van der Waals surface area contributed by atoms with Crippen LogP contribution >= 0.6 is 0 Å². The molecule has 2 rings (SSSR count). The van der Waals surface area contributed by atoms with E-state index in [0.717, 1.165) is 6.42 Å². The maximum absolute atomic E-state index is 6.53. The van der Waals surface area contributed by atoms with Crippen molar-refractivity contribution in [1.82, 2.24) is 0 Å². The molecular formula is C14H27NO. The maximum atomic E-state index is 6.53. The Kier molecular flexibility index (Phi) is 3.33. The normalized spacial score (nSPS) is 37.5.